The predicted octanol–water partition coefficient (Wildman–Crippen LogP) is 3.84. The van der Waals surface area contributed by atoms with E-state index in [1.165, 1.54) is 0 Å². The lowest BCUT2D eigenvalue weighted by Gasteiger charge is -2.15. The van der Waals surface area contributed by atoms with Crippen molar-refractivity contribution in [3.05, 3.63) is 29.6 Å². The Morgan fingerprint density at radius 2 is 1.90 bits per heavy atom. The highest BCUT2D eigenvalue weighted by Crippen LogP contribution is 2.40. The molecule has 1 saturated carbocycles. The van der Waals surface area contributed by atoms with Crippen LogP contribution in [0.4, 0.5) is 17.6 Å². The molecule has 0 aromatic heterocycles. The summed E-state index contributed by atoms with van der Waals surface area (Å²) in [4.78, 5) is -1.09. The summed E-state index contributed by atoms with van der Waals surface area (Å²) >= 11 is 3.34. The molecule has 1 atom stereocenters. The Hall–Kier alpha value is -0.630. The standard InChI is InChI=1S/C12H11BrF4O2S/c13-10(7-1-2-7)5-8-3-4-9(14)6-11(8)20(18,19)12(15,16)17/h3-4,6-7,10H,1-2,5H2. The Kier molecular flexibility index (Phi) is 4.17. The van der Waals surface area contributed by atoms with Crippen molar-refractivity contribution in [2.75, 3.05) is 0 Å². The first kappa shape index (κ1) is 15.8. The molecular formula is C12H11BrF4O2S. The van der Waals surface area contributed by atoms with Crippen LogP contribution in [0.15, 0.2) is 23.1 Å². The number of benzene rings is 1. The van der Waals surface area contributed by atoms with Gasteiger partial charge in [-0.05, 0) is 42.9 Å². The van der Waals surface area contributed by atoms with Gasteiger partial charge in [-0.25, -0.2) is 12.8 Å². The van der Waals surface area contributed by atoms with Gasteiger partial charge in [0.1, 0.15) is 5.82 Å². The average Bonchev–Trinajstić information content (AvgIpc) is 3.13. The molecule has 2 nitrogen and oxygen atoms in total. The molecule has 1 fully saturated rings. The summed E-state index contributed by atoms with van der Waals surface area (Å²) in [5, 5.41) is 0. The van der Waals surface area contributed by atoms with Gasteiger partial charge in [-0.1, -0.05) is 22.0 Å². The summed E-state index contributed by atoms with van der Waals surface area (Å²) in [6, 6.07) is 2.51. The first-order valence-corrected chi connectivity index (χ1v) is 8.26. The molecule has 8 heteroatoms. The van der Waals surface area contributed by atoms with Crippen LogP contribution < -0.4 is 0 Å². The Labute approximate surface area is 122 Å². The van der Waals surface area contributed by atoms with E-state index in [0.29, 0.717) is 12.0 Å². The summed E-state index contributed by atoms with van der Waals surface area (Å²) in [5.41, 5.74) is -5.45. The molecule has 0 spiro atoms. The van der Waals surface area contributed by atoms with E-state index in [1.54, 1.807) is 0 Å². The van der Waals surface area contributed by atoms with E-state index >= 15 is 0 Å². The maximum Gasteiger partial charge on any atom is 0.501 e. The maximum absolute atomic E-state index is 13.1. The van der Waals surface area contributed by atoms with Crippen molar-refractivity contribution in [3.8, 4) is 0 Å². The second kappa shape index (κ2) is 5.29. The molecule has 0 amide bonds. The second-order valence-electron chi connectivity index (χ2n) is 4.76. The third-order valence-electron chi connectivity index (χ3n) is 3.17. The van der Waals surface area contributed by atoms with Gasteiger partial charge < -0.3 is 0 Å². The van der Waals surface area contributed by atoms with Crippen molar-refractivity contribution in [2.24, 2.45) is 5.92 Å². The van der Waals surface area contributed by atoms with Crippen molar-refractivity contribution < 1.29 is 26.0 Å². The topological polar surface area (TPSA) is 34.1 Å². The number of hydrogen-bond donors (Lipinski definition) is 0. The zero-order chi connectivity index (χ0) is 15.1. The minimum absolute atomic E-state index is 0.0162. The van der Waals surface area contributed by atoms with E-state index in [2.05, 4.69) is 15.9 Å². The Morgan fingerprint density at radius 3 is 2.40 bits per heavy atom. The molecule has 0 N–H and O–H groups in total. The molecule has 0 heterocycles. The van der Waals surface area contributed by atoms with Crippen molar-refractivity contribution in [1.82, 2.24) is 0 Å². The summed E-state index contributed by atoms with van der Waals surface area (Å²) in [6.45, 7) is 0. The molecule has 112 valence electrons. The first-order valence-electron chi connectivity index (χ1n) is 5.87. The Bertz CT molecular complexity index is 608. The number of sulfone groups is 1. The molecule has 0 bridgehead atoms. The van der Waals surface area contributed by atoms with Crippen molar-refractivity contribution >= 4 is 25.8 Å². The van der Waals surface area contributed by atoms with E-state index in [9.17, 15) is 26.0 Å². The number of alkyl halides is 4. The fourth-order valence-corrected chi connectivity index (χ4v) is 3.80. The molecule has 1 unspecified atom stereocenters. The van der Waals surface area contributed by atoms with Crippen molar-refractivity contribution in [3.63, 3.8) is 0 Å². The molecule has 0 aliphatic heterocycles. The molecular weight excluding hydrogens is 364 g/mol. The van der Waals surface area contributed by atoms with Crippen molar-refractivity contribution in [2.45, 2.75) is 34.5 Å². The van der Waals surface area contributed by atoms with E-state index in [-0.39, 0.29) is 16.8 Å². The molecule has 1 aromatic rings. The zero-order valence-corrected chi connectivity index (χ0v) is 12.5. The van der Waals surface area contributed by atoms with Crippen LogP contribution >= 0.6 is 15.9 Å². The second-order valence-corrected chi connectivity index (χ2v) is 7.84. The van der Waals surface area contributed by atoms with Gasteiger partial charge in [-0.3, -0.25) is 0 Å². The van der Waals surface area contributed by atoms with E-state index in [4.69, 9.17) is 0 Å². The van der Waals surface area contributed by atoms with E-state index in [1.807, 2.05) is 0 Å². The van der Waals surface area contributed by atoms with Crippen LogP contribution in [0.2, 0.25) is 0 Å². The Morgan fingerprint density at radius 1 is 1.30 bits per heavy atom. The first-order chi connectivity index (χ1) is 9.13. The lowest BCUT2D eigenvalue weighted by Crippen LogP contribution is -2.25. The molecule has 0 radical (unpaired) electrons. The van der Waals surface area contributed by atoms with E-state index < -0.39 is 26.1 Å². The monoisotopic (exact) mass is 374 g/mol. The van der Waals surface area contributed by atoms with Gasteiger partial charge in [0.15, 0.2) is 0 Å². The molecule has 1 aromatic carbocycles. The Balaban J connectivity index is 2.43. The van der Waals surface area contributed by atoms with Crippen molar-refractivity contribution in [1.29, 1.82) is 0 Å². The molecule has 1 aliphatic carbocycles. The quantitative estimate of drug-likeness (QED) is 0.592. The van der Waals surface area contributed by atoms with Gasteiger partial charge in [-0.2, -0.15) is 13.2 Å². The summed E-state index contributed by atoms with van der Waals surface area (Å²) < 4.78 is 74.0. The highest BCUT2D eigenvalue weighted by Gasteiger charge is 2.48. The van der Waals surface area contributed by atoms with Crippen LogP contribution in [0.3, 0.4) is 0 Å². The van der Waals surface area contributed by atoms with Gasteiger partial charge in [0.05, 0.1) is 4.90 Å². The summed E-state index contributed by atoms with van der Waals surface area (Å²) in [7, 11) is -5.54. The summed E-state index contributed by atoms with van der Waals surface area (Å²) in [6.07, 6.45) is 2.03. The zero-order valence-electron chi connectivity index (χ0n) is 10.1. The fourth-order valence-electron chi connectivity index (χ4n) is 1.91. The highest BCUT2D eigenvalue weighted by molar-refractivity contribution is 9.09. The number of rotatable bonds is 4. The lowest BCUT2D eigenvalue weighted by molar-refractivity contribution is -0.0436. The molecule has 1 aliphatic rings. The number of hydrogen-bond acceptors (Lipinski definition) is 2. The van der Waals surface area contributed by atoms with Gasteiger partial charge in [0, 0.05) is 4.83 Å². The third-order valence-corrected chi connectivity index (χ3v) is 5.81. The highest BCUT2D eigenvalue weighted by atomic mass is 79.9. The smallest absolute Gasteiger partial charge is 0.214 e. The van der Waals surface area contributed by atoms with Crippen LogP contribution in [0, 0.1) is 11.7 Å². The molecule has 0 saturated heterocycles. The van der Waals surface area contributed by atoms with Crippen LogP contribution in [0.1, 0.15) is 18.4 Å². The van der Waals surface area contributed by atoms with Gasteiger partial charge in [-0.15, -0.1) is 0 Å². The van der Waals surface area contributed by atoms with Crippen LogP contribution in [-0.2, 0) is 16.3 Å². The third kappa shape index (κ3) is 3.16. The maximum atomic E-state index is 13.1. The predicted molar refractivity (Wildman–Crippen MR) is 68.8 cm³/mol. The molecule has 2 rings (SSSR count). The van der Waals surface area contributed by atoms with Gasteiger partial charge >= 0.3 is 5.51 Å². The van der Waals surface area contributed by atoms with Crippen LogP contribution in [0.5, 0.6) is 0 Å². The molecule has 20 heavy (non-hydrogen) atoms. The van der Waals surface area contributed by atoms with Crippen LogP contribution in [-0.4, -0.2) is 18.8 Å². The van der Waals surface area contributed by atoms with E-state index in [0.717, 1.165) is 25.0 Å². The van der Waals surface area contributed by atoms with Gasteiger partial charge in [0.25, 0.3) is 9.84 Å². The number of halogens is 5. The van der Waals surface area contributed by atoms with Gasteiger partial charge in [0.2, 0.25) is 0 Å². The average molecular weight is 375 g/mol. The lowest BCUT2D eigenvalue weighted by atomic mass is 10.1. The fraction of sp³-hybridized carbons (Fsp3) is 0.500. The minimum atomic E-state index is -5.54. The SMILES string of the molecule is O=S(=O)(c1cc(F)ccc1CC(Br)C1CC1)C(F)(F)F. The largest absolute Gasteiger partial charge is 0.501 e. The normalized spacial score (nSPS) is 18.1. The van der Waals surface area contributed by atoms with Crippen LogP contribution in [0.25, 0.3) is 0 Å². The minimum Gasteiger partial charge on any atom is -0.214 e. The summed E-state index contributed by atoms with van der Waals surface area (Å²) in [5.74, 6) is -0.671.